The molecular formula is C15H24N2O3S. The Hall–Kier alpha value is -0.850. The number of hydrogen-bond donors (Lipinski definition) is 1. The Morgan fingerprint density at radius 2 is 2.19 bits per heavy atom. The standard InChI is InChI=1S/C15H24N2O3S/c1-11-8-14(11)15-6-5-13(20-15)10-17-7-3-4-12(9-17)16-21(2,18)19/h5-6,11-12,14,16H,3-4,7-10H2,1-2H3/t11-,12+,14+/m1/s1. The van der Waals surface area contributed by atoms with Gasteiger partial charge in [0.15, 0.2) is 0 Å². The van der Waals surface area contributed by atoms with Crippen LogP contribution in [-0.4, -0.2) is 38.7 Å². The summed E-state index contributed by atoms with van der Waals surface area (Å²) in [6.07, 6.45) is 4.38. The lowest BCUT2D eigenvalue weighted by atomic mass is 10.1. The highest BCUT2D eigenvalue weighted by molar-refractivity contribution is 7.88. The molecule has 21 heavy (non-hydrogen) atoms. The Morgan fingerprint density at radius 1 is 1.43 bits per heavy atom. The highest BCUT2D eigenvalue weighted by Crippen LogP contribution is 2.47. The van der Waals surface area contributed by atoms with Crippen LogP contribution < -0.4 is 4.72 Å². The van der Waals surface area contributed by atoms with Crippen molar-refractivity contribution in [3.05, 3.63) is 23.7 Å². The molecule has 118 valence electrons. The Morgan fingerprint density at radius 3 is 2.86 bits per heavy atom. The second-order valence-corrected chi connectivity index (χ2v) is 8.37. The quantitative estimate of drug-likeness (QED) is 0.902. The molecule has 0 amide bonds. The predicted molar refractivity (Wildman–Crippen MR) is 81.5 cm³/mol. The van der Waals surface area contributed by atoms with Gasteiger partial charge >= 0.3 is 0 Å². The van der Waals surface area contributed by atoms with Crippen LogP contribution in [0.25, 0.3) is 0 Å². The molecule has 0 bridgehead atoms. The van der Waals surface area contributed by atoms with E-state index in [0.29, 0.717) is 5.92 Å². The monoisotopic (exact) mass is 312 g/mol. The Kier molecular flexibility index (Phi) is 4.12. The van der Waals surface area contributed by atoms with Crippen molar-refractivity contribution in [3.63, 3.8) is 0 Å². The maximum atomic E-state index is 11.3. The smallest absolute Gasteiger partial charge is 0.208 e. The van der Waals surface area contributed by atoms with Crippen LogP contribution in [0.1, 0.15) is 43.6 Å². The number of nitrogens with one attached hydrogen (secondary N) is 1. The summed E-state index contributed by atoms with van der Waals surface area (Å²) in [6, 6.07) is 4.18. The van der Waals surface area contributed by atoms with Gasteiger partial charge in [0.1, 0.15) is 11.5 Å². The highest BCUT2D eigenvalue weighted by atomic mass is 32.2. The number of piperidine rings is 1. The molecule has 3 atom stereocenters. The molecule has 0 unspecified atom stereocenters. The van der Waals surface area contributed by atoms with E-state index < -0.39 is 10.0 Å². The molecule has 1 saturated carbocycles. The molecule has 2 heterocycles. The van der Waals surface area contributed by atoms with E-state index >= 15 is 0 Å². The fourth-order valence-corrected chi connectivity index (χ4v) is 4.01. The second kappa shape index (κ2) is 5.74. The van der Waals surface area contributed by atoms with Gasteiger partial charge in [-0.05, 0) is 43.9 Å². The van der Waals surface area contributed by atoms with E-state index in [1.807, 2.05) is 0 Å². The molecule has 0 spiro atoms. The summed E-state index contributed by atoms with van der Waals surface area (Å²) in [4.78, 5) is 2.27. The number of hydrogen-bond acceptors (Lipinski definition) is 4. The summed E-state index contributed by atoms with van der Waals surface area (Å²) >= 11 is 0. The molecule has 3 rings (SSSR count). The minimum atomic E-state index is -3.13. The topological polar surface area (TPSA) is 62.6 Å². The van der Waals surface area contributed by atoms with Crippen LogP contribution >= 0.6 is 0 Å². The Bertz CT molecular complexity index is 596. The molecule has 2 fully saturated rings. The first-order valence-corrected chi connectivity index (χ1v) is 9.58. The fraction of sp³-hybridized carbons (Fsp3) is 0.733. The average molecular weight is 312 g/mol. The lowest BCUT2D eigenvalue weighted by Gasteiger charge is -2.32. The van der Waals surface area contributed by atoms with Crippen molar-refractivity contribution in [1.29, 1.82) is 0 Å². The van der Waals surface area contributed by atoms with Crippen molar-refractivity contribution in [2.24, 2.45) is 5.92 Å². The van der Waals surface area contributed by atoms with Gasteiger partial charge in [-0.2, -0.15) is 0 Å². The zero-order chi connectivity index (χ0) is 15.0. The summed E-state index contributed by atoms with van der Waals surface area (Å²) in [7, 11) is -3.13. The summed E-state index contributed by atoms with van der Waals surface area (Å²) < 4.78 is 31.3. The first-order valence-electron chi connectivity index (χ1n) is 7.69. The van der Waals surface area contributed by atoms with Gasteiger partial charge in [-0.3, -0.25) is 4.90 Å². The zero-order valence-electron chi connectivity index (χ0n) is 12.7. The molecule has 5 nitrogen and oxygen atoms in total. The van der Waals surface area contributed by atoms with Crippen molar-refractivity contribution in [2.45, 2.75) is 44.7 Å². The fourth-order valence-electron chi connectivity index (χ4n) is 3.22. The molecule has 2 aliphatic rings. The van der Waals surface area contributed by atoms with E-state index in [2.05, 4.69) is 28.7 Å². The number of sulfonamides is 1. The summed E-state index contributed by atoms with van der Waals surface area (Å²) in [5.41, 5.74) is 0. The summed E-state index contributed by atoms with van der Waals surface area (Å²) in [5.74, 6) is 3.46. The van der Waals surface area contributed by atoms with E-state index in [0.717, 1.165) is 49.9 Å². The molecule has 1 aromatic heterocycles. The molecule has 0 aromatic carbocycles. The number of likely N-dealkylation sites (tertiary alicyclic amines) is 1. The van der Waals surface area contributed by atoms with Crippen LogP contribution in [0.2, 0.25) is 0 Å². The van der Waals surface area contributed by atoms with Gasteiger partial charge < -0.3 is 4.42 Å². The molecule has 0 radical (unpaired) electrons. The maximum Gasteiger partial charge on any atom is 0.208 e. The third-order valence-electron chi connectivity index (χ3n) is 4.42. The molecular weight excluding hydrogens is 288 g/mol. The van der Waals surface area contributed by atoms with Gasteiger partial charge in [0.25, 0.3) is 0 Å². The summed E-state index contributed by atoms with van der Waals surface area (Å²) in [5, 5.41) is 0. The first kappa shape index (κ1) is 15.1. The summed E-state index contributed by atoms with van der Waals surface area (Å²) in [6.45, 7) is 4.77. The number of nitrogens with zero attached hydrogens (tertiary/aromatic N) is 1. The van der Waals surface area contributed by atoms with E-state index in [4.69, 9.17) is 4.42 Å². The van der Waals surface area contributed by atoms with E-state index in [1.54, 1.807) is 0 Å². The third kappa shape index (κ3) is 4.08. The molecule has 1 saturated heterocycles. The molecule has 1 aromatic rings. The van der Waals surface area contributed by atoms with Gasteiger partial charge in [0, 0.05) is 18.5 Å². The SMILES string of the molecule is C[C@@H]1C[C@@H]1c1ccc(CN2CCC[C@H](NS(C)(=O)=O)C2)o1. The predicted octanol–water partition coefficient (Wildman–Crippen LogP) is 1.92. The highest BCUT2D eigenvalue weighted by Gasteiger charge is 2.36. The van der Waals surface area contributed by atoms with E-state index in [1.165, 1.54) is 12.7 Å². The minimum absolute atomic E-state index is 0.0200. The average Bonchev–Trinajstić information content (AvgIpc) is 2.93. The Balaban J connectivity index is 1.56. The van der Waals surface area contributed by atoms with Crippen molar-refractivity contribution >= 4 is 10.0 Å². The Labute approximate surface area is 126 Å². The minimum Gasteiger partial charge on any atom is -0.464 e. The number of furan rings is 1. The molecule has 1 N–H and O–H groups in total. The largest absolute Gasteiger partial charge is 0.464 e. The van der Waals surface area contributed by atoms with Crippen LogP contribution in [0.5, 0.6) is 0 Å². The van der Waals surface area contributed by atoms with Crippen LogP contribution in [-0.2, 0) is 16.6 Å². The molecule has 1 aliphatic carbocycles. The maximum absolute atomic E-state index is 11.3. The van der Waals surface area contributed by atoms with Crippen molar-refractivity contribution in [2.75, 3.05) is 19.3 Å². The lowest BCUT2D eigenvalue weighted by Crippen LogP contribution is -2.46. The van der Waals surface area contributed by atoms with Crippen molar-refractivity contribution in [1.82, 2.24) is 9.62 Å². The molecule has 1 aliphatic heterocycles. The van der Waals surface area contributed by atoms with Gasteiger partial charge in [-0.25, -0.2) is 13.1 Å². The van der Waals surface area contributed by atoms with E-state index in [9.17, 15) is 8.42 Å². The third-order valence-corrected chi connectivity index (χ3v) is 5.18. The van der Waals surface area contributed by atoms with Crippen LogP contribution in [0.15, 0.2) is 16.5 Å². The van der Waals surface area contributed by atoms with Gasteiger partial charge in [0.05, 0.1) is 12.8 Å². The van der Waals surface area contributed by atoms with E-state index in [-0.39, 0.29) is 6.04 Å². The van der Waals surface area contributed by atoms with Gasteiger partial charge in [-0.15, -0.1) is 0 Å². The normalized spacial score (nSPS) is 30.5. The van der Waals surface area contributed by atoms with Crippen molar-refractivity contribution in [3.8, 4) is 0 Å². The second-order valence-electron chi connectivity index (χ2n) is 6.59. The van der Waals surface area contributed by atoms with Crippen molar-refractivity contribution < 1.29 is 12.8 Å². The van der Waals surface area contributed by atoms with Crippen LogP contribution in [0, 0.1) is 5.92 Å². The lowest BCUT2D eigenvalue weighted by molar-refractivity contribution is 0.181. The van der Waals surface area contributed by atoms with Gasteiger partial charge in [0.2, 0.25) is 10.0 Å². The molecule has 6 heteroatoms. The van der Waals surface area contributed by atoms with Gasteiger partial charge in [-0.1, -0.05) is 6.92 Å². The van der Waals surface area contributed by atoms with Crippen LogP contribution in [0.4, 0.5) is 0 Å². The first-order chi connectivity index (χ1) is 9.90. The zero-order valence-corrected chi connectivity index (χ0v) is 13.5. The van der Waals surface area contributed by atoms with Crippen LogP contribution in [0.3, 0.4) is 0 Å². The number of rotatable bonds is 5.